The number of rotatable bonds is 2. The van der Waals surface area contributed by atoms with Crippen molar-refractivity contribution in [3.05, 3.63) is 0 Å². The molecule has 4 heteroatoms. The van der Waals surface area contributed by atoms with Gasteiger partial charge in [0, 0.05) is 32.2 Å². The van der Waals surface area contributed by atoms with E-state index in [0.29, 0.717) is 18.1 Å². The highest BCUT2D eigenvalue weighted by atomic mass is 16.5. The average molecular weight is 280 g/mol. The molecule has 5 aliphatic heterocycles. The van der Waals surface area contributed by atoms with Crippen molar-refractivity contribution in [2.75, 3.05) is 47.5 Å². The lowest BCUT2D eigenvalue weighted by Crippen LogP contribution is -2.74. The van der Waals surface area contributed by atoms with E-state index < -0.39 is 0 Å². The van der Waals surface area contributed by atoms with Gasteiger partial charge in [0.05, 0.1) is 24.9 Å². The quantitative estimate of drug-likeness (QED) is 0.755. The van der Waals surface area contributed by atoms with Gasteiger partial charge in [-0.05, 0) is 45.2 Å². The SMILES string of the molecule is COC1C2CC1C(C13CCC(COC1)CN3C)N(C)C2. The summed E-state index contributed by atoms with van der Waals surface area (Å²) in [5, 5.41) is 0. The van der Waals surface area contributed by atoms with Crippen LogP contribution >= 0.6 is 0 Å². The lowest BCUT2D eigenvalue weighted by Gasteiger charge is -2.64. The number of hydrogen-bond donors (Lipinski definition) is 0. The van der Waals surface area contributed by atoms with Crippen LogP contribution < -0.4 is 0 Å². The van der Waals surface area contributed by atoms with Crippen molar-refractivity contribution < 1.29 is 9.47 Å². The van der Waals surface area contributed by atoms with E-state index in [-0.39, 0.29) is 5.54 Å². The maximum Gasteiger partial charge on any atom is 0.0665 e. The molecule has 0 aromatic carbocycles. The zero-order chi connectivity index (χ0) is 13.9. The highest BCUT2D eigenvalue weighted by Gasteiger charge is 2.60. The Bertz CT molecular complexity index is 387. The van der Waals surface area contributed by atoms with Crippen molar-refractivity contribution in [1.29, 1.82) is 0 Å². The predicted octanol–water partition coefficient (Wildman–Crippen LogP) is 1.06. The molecular weight excluding hydrogens is 252 g/mol. The van der Waals surface area contributed by atoms with Gasteiger partial charge in [-0.2, -0.15) is 0 Å². The fraction of sp³-hybridized carbons (Fsp3) is 1.00. The van der Waals surface area contributed by atoms with Crippen molar-refractivity contribution in [2.45, 2.75) is 36.9 Å². The molecule has 20 heavy (non-hydrogen) atoms. The third-order valence-corrected chi connectivity index (χ3v) is 6.67. The Hall–Kier alpha value is -0.160. The molecule has 0 aromatic heterocycles. The largest absolute Gasteiger partial charge is 0.381 e. The minimum atomic E-state index is 0.217. The van der Waals surface area contributed by atoms with Crippen LogP contribution in [0.4, 0.5) is 0 Å². The number of nitrogens with zero attached hydrogens (tertiary/aromatic N) is 2. The number of hydrogen-bond acceptors (Lipinski definition) is 4. The van der Waals surface area contributed by atoms with Crippen LogP contribution in [0, 0.1) is 17.8 Å². The van der Waals surface area contributed by atoms with Crippen LogP contribution in [0.15, 0.2) is 0 Å². The summed E-state index contributed by atoms with van der Waals surface area (Å²) < 4.78 is 11.9. The second-order valence-electron chi connectivity index (χ2n) is 7.65. The standard InChI is InChI=1S/C16H28N2O2/c1-17-8-12-6-13(14(12)19-3)15(17)16-5-4-11(7-18(16)2)9-20-10-16/h11-15H,4-10H2,1-3H3. The van der Waals surface area contributed by atoms with E-state index in [2.05, 4.69) is 23.9 Å². The summed E-state index contributed by atoms with van der Waals surface area (Å²) in [4.78, 5) is 5.24. The normalized spacial score (nSPS) is 52.6. The minimum absolute atomic E-state index is 0.217. The summed E-state index contributed by atoms with van der Waals surface area (Å²) in [6.45, 7) is 4.27. The summed E-state index contributed by atoms with van der Waals surface area (Å²) in [5.41, 5.74) is 0.217. The van der Waals surface area contributed by atoms with Crippen LogP contribution in [-0.4, -0.2) is 75.0 Å². The summed E-state index contributed by atoms with van der Waals surface area (Å²) in [6, 6.07) is 0.599. The molecule has 0 N–H and O–H groups in total. The van der Waals surface area contributed by atoms with Crippen molar-refractivity contribution in [2.24, 2.45) is 17.8 Å². The van der Waals surface area contributed by atoms with Crippen molar-refractivity contribution in [3.63, 3.8) is 0 Å². The van der Waals surface area contributed by atoms with E-state index in [4.69, 9.17) is 9.47 Å². The molecule has 5 heterocycles. The summed E-state index contributed by atoms with van der Waals surface area (Å²) in [6.07, 6.45) is 4.47. The van der Waals surface area contributed by atoms with Crippen molar-refractivity contribution in [3.8, 4) is 0 Å². The first kappa shape index (κ1) is 13.5. The van der Waals surface area contributed by atoms with Crippen molar-refractivity contribution in [1.82, 2.24) is 9.80 Å². The van der Waals surface area contributed by atoms with Gasteiger partial charge in [0.1, 0.15) is 0 Å². The Morgan fingerprint density at radius 1 is 1.25 bits per heavy atom. The van der Waals surface area contributed by atoms with Gasteiger partial charge in [0.25, 0.3) is 0 Å². The first-order chi connectivity index (χ1) is 9.65. The number of ether oxygens (including phenoxy) is 2. The maximum atomic E-state index is 6.08. The van der Waals surface area contributed by atoms with E-state index in [9.17, 15) is 0 Å². The molecule has 6 aliphatic rings. The molecular formula is C16H28N2O2. The monoisotopic (exact) mass is 280 g/mol. The topological polar surface area (TPSA) is 24.9 Å². The van der Waals surface area contributed by atoms with E-state index in [1.165, 1.54) is 32.4 Å². The van der Waals surface area contributed by atoms with Gasteiger partial charge in [-0.25, -0.2) is 0 Å². The fourth-order valence-electron chi connectivity index (χ4n) is 5.73. The third kappa shape index (κ3) is 1.68. The van der Waals surface area contributed by atoms with Crippen LogP contribution in [0.1, 0.15) is 19.3 Å². The number of likely N-dealkylation sites (N-methyl/N-ethyl adjacent to an activating group) is 2. The molecule has 5 saturated heterocycles. The summed E-state index contributed by atoms with van der Waals surface area (Å²) in [5.74, 6) is 2.21. The van der Waals surface area contributed by atoms with Gasteiger partial charge in [-0.1, -0.05) is 0 Å². The lowest BCUT2D eigenvalue weighted by molar-refractivity contribution is -0.191. The van der Waals surface area contributed by atoms with Gasteiger partial charge in [-0.3, -0.25) is 4.90 Å². The molecule has 114 valence electrons. The second-order valence-corrected chi connectivity index (χ2v) is 7.65. The number of piperidine rings is 3. The highest BCUT2D eigenvalue weighted by Crippen LogP contribution is 2.51. The van der Waals surface area contributed by atoms with E-state index in [1.807, 2.05) is 7.11 Å². The highest BCUT2D eigenvalue weighted by molar-refractivity contribution is 5.15. The second kappa shape index (κ2) is 4.67. The van der Waals surface area contributed by atoms with Crippen LogP contribution in [-0.2, 0) is 9.47 Å². The van der Waals surface area contributed by atoms with E-state index >= 15 is 0 Å². The van der Waals surface area contributed by atoms with Crippen LogP contribution in [0.2, 0.25) is 0 Å². The summed E-state index contributed by atoms with van der Waals surface area (Å²) >= 11 is 0. The molecule has 6 fully saturated rings. The molecule has 4 bridgehead atoms. The van der Waals surface area contributed by atoms with E-state index in [1.54, 1.807) is 0 Å². The van der Waals surface area contributed by atoms with Gasteiger partial charge < -0.3 is 14.4 Å². The smallest absolute Gasteiger partial charge is 0.0665 e. The third-order valence-electron chi connectivity index (χ3n) is 6.67. The Morgan fingerprint density at radius 2 is 2.10 bits per heavy atom. The van der Waals surface area contributed by atoms with Gasteiger partial charge in [-0.15, -0.1) is 0 Å². The minimum Gasteiger partial charge on any atom is -0.381 e. The summed E-state index contributed by atoms with van der Waals surface area (Å²) in [7, 11) is 6.53. The maximum absolute atomic E-state index is 6.08. The first-order valence-electron chi connectivity index (χ1n) is 8.18. The van der Waals surface area contributed by atoms with Crippen LogP contribution in [0.25, 0.3) is 0 Å². The molecule has 1 saturated carbocycles. The van der Waals surface area contributed by atoms with Gasteiger partial charge in [0.15, 0.2) is 0 Å². The van der Waals surface area contributed by atoms with Crippen LogP contribution in [0.5, 0.6) is 0 Å². The predicted molar refractivity (Wildman–Crippen MR) is 77.7 cm³/mol. The molecule has 6 rings (SSSR count). The zero-order valence-corrected chi connectivity index (χ0v) is 13.0. The Kier molecular flexibility index (Phi) is 3.15. The van der Waals surface area contributed by atoms with Gasteiger partial charge >= 0.3 is 0 Å². The Balaban J connectivity index is 1.66. The number of methoxy groups -OCH3 is 1. The molecule has 4 nitrogen and oxygen atoms in total. The molecule has 1 aliphatic carbocycles. The molecule has 0 spiro atoms. The molecule has 0 amide bonds. The molecule has 0 radical (unpaired) electrons. The van der Waals surface area contributed by atoms with Crippen LogP contribution in [0.3, 0.4) is 0 Å². The van der Waals surface area contributed by atoms with Crippen molar-refractivity contribution >= 4 is 0 Å². The lowest BCUT2D eigenvalue weighted by atomic mass is 9.58. The average Bonchev–Trinajstić information content (AvgIpc) is 2.70. The van der Waals surface area contributed by atoms with E-state index in [0.717, 1.165) is 25.0 Å². The fourth-order valence-corrected chi connectivity index (χ4v) is 5.73. The molecule has 6 unspecified atom stereocenters. The zero-order valence-electron chi connectivity index (χ0n) is 13.0. The first-order valence-corrected chi connectivity index (χ1v) is 8.18. The molecule has 6 atom stereocenters. The van der Waals surface area contributed by atoms with Gasteiger partial charge in [0.2, 0.25) is 0 Å². The molecule has 0 aromatic rings. The Morgan fingerprint density at radius 3 is 2.85 bits per heavy atom. The Labute approximate surface area is 122 Å². The number of fused-ring (bicyclic) bond motifs is 6.